The largest absolute Gasteiger partial charge is 0.382 e. The van der Waals surface area contributed by atoms with Crippen molar-refractivity contribution in [2.45, 2.75) is 32.2 Å². The Morgan fingerprint density at radius 3 is 2.79 bits per heavy atom. The Morgan fingerprint density at radius 1 is 1.26 bits per heavy atom. The second kappa shape index (κ2) is 4.44. The van der Waals surface area contributed by atoms with Gasteiger partial charge in [-0.1, -0.05) is 6.07 Å². The van der Waals surface area contributed by atoms with Crippen molar-refractivity contribution in [3.63, 3.8) is 0 Å². The zero-order valence-corrected chi connectivity index (χ0v) is 11.6. The molecule has 0 atom stereocenters. The number of likely N-dealkylation sites (tertiary alicyclic amines) is 1. The zero-order chi connectivity index (χ0) is 13.5. The van der Waals surface area contributed by atoms with Crippen LogP contribution in [0.5, 0.6) is 0 Å². The molecule has 1 amide bonds. The fourth-order valence-electron chi connectivity index (χ4n) is 3.08. The Bertz CT molecular complexity index is 510. The SMILES string of the molecule is CC1(C)CCCN1C(=O)c1cccc2c1NCCN2. The van der Waals surface area contributed by atoms with E-state index in [1.54, 1.807) is 0 Å². The first kappa shape index (κ1) is 12.3. The van der Waals surface area contributed by atoms with E-state index in [1.165, 1.54) is 0 Å². The maximum Gasteiger partial charge on any atom is 0.256 e. The summed E-state index contributed by atoms with van der Waals surface area (Å²) in [7, 11) is 0. The second-order valence-electron chi connectivity index (χ2n) is 5.95. The van der Waals surface area contributed by atoms with E-state index >= 15 is 0 Å². The molecule has 19 heavy (non-hydrogen) atoms. The zero-order valence-electron chi connectivity index (χ0n) is 11.6. The Morgan fingerprint density at radius 2 is 2.05 bits per heavy atom. The third kappa shape index (κ3) is 2.05. The number of carbonyl (C=O) groups excluding carboxylic acids is 1. The molecule has 102 valence electrons. The summed E-state index contributed by atoms with van der Waals surface area (Å²) in [5, 5.41) is 6.69. The molecule has 0 bridgehead atoms. The molecule has 0 spiro atoms. The van der Waals surface area contributed by atoms with E-state index < -0.39 is 0 Å². The molecule has 3 rings (SSSR count). The van der Waals surface area contributed by atoms with E-state index in [-0.39, 0.29) is 11.4 Å². The monoisotopic (exact) mass is 259 g/mol. The molecule has 0 aliphatic carbocycles. The van der Waals surface area contributed by atoms with Crippen molar-refractivity contribution in [1.82, 2.24) is 4.90 Å². The number of benzene rings is 1. The number of hydrogen-bond acceptors (Lipinski definition) is 3. The molecule has 1 fully saturated rings. The van der Waals surface area contributed by atoms with E-state index in [4.69, 9.17) is 0 Å². The van der Waals surface area contributed by atoms with Crippen LogP contribution in [-0.2, 0) is 0 Å². The molecule has 0 saturated carbocycles. The van der Waals surface area contributed by atoms with Crippen molar-refractivity contribution in [1.29, 1.82) is 0 Å². The third-order valence-electron chi connectivity index (χ3n) is 4.18. The Hall–Kier alpha value is -1.71. The number of nitrogens with one attached hydrogen (secondary N) is 2. The quantitative estimate of drug-likeness (QED) is 0.814. The normalized spacial score (nSPS) is 20.4. The van der Waals surface area contributed by atoms with Crippen LogP contribution in [0.4, 0.5) is 11.4 Å². The topological polar surface area (TPSA) is 44.4 Å². The minimum atomic E-state index is -0.0259. The Kier molecular flexibility index (Phi) is 2.88. The number of rotatable bonds is 1. The maximum atomic E-state index is 12.8. The number of para-hydroxylation sites is 1. The minimum absolute atomic E-state index is 0.0259. The molecule has 1 saturated heterocycles. The lowest BCUT2D eigenvalue weighted by molar-refractivity contribution is 0.0653. The summed E-state index contributed by atoms with van der Waals surface area (Å²) in [6.07, 6.45) is 2.18. The van der Waals surface area contributed by atoms with Gasteiger partial charge < -0.3 is 15.5 Å². The van der Waals surface area contributed by atoms with Crippen LogP contribution in [0.1, 0.15) is 37.0 Å². The van der Waals surface area contributed by atoms with E-state index in [9.17, 15) is 4.79 Å². The van der Waals surface area contributed by atoms with Gasteiger partial charge in [0.15, 0.2) is 0 Å². The number of amides is 1. The lowest BCUT2D eigenvalue weighted by atomic mass is 10.0. The highest BCUT2D eigenvalue weighted by Gasteiger charge is 2.36. The number of anilines is 2. The molecule has 1 aromatic rings. The summed E-state index contributed by atoms with van der Waals surface area (Å²) in [4.78, 5) is 14.8. The van der Waals surface area contributed by atoms with Crippen LogP contribution in [0.3, 0.4) is 0 Å². The number of fused-ring (bicyclic) bond motifs is 1. The Balaban J connectivity index is 1.96. The molecule has 4 heteroatoms. The highest BCUT2D eigenvalue weighted by Crippen LogP contribution is 2.34. The van der Waals surface area contributed by atoms with Gasteiger partial charge in [0.25, 0.3) is 5.91 Å². The highest BCUT2D eigenvalue weighted by atomic mass is 16.2. The molecule has 0 aromatic heterocycles. The molecule has 2 heterocycles. The Labute approximate surface area is 114 Å². The summed E-state index contributed by atoms with van der Waals surface area (Å²) < 4.78 is 0. The number of nitrogens with zero attached hydrogens (tertiary/aromatic N) is 1. The molecule has 1 aromatic carbocycles. The predicted molar refractivity (Wildman–Crippen MR) is 77.8 cm³/mol. The first-order valence-corrected chi connectivity index (χ1v) is 7.02. The number of carbonyl (C=O) groups is 1. The van der Waals surface area contributed by atoms with Gasteiger partial charge in [-0.3, -0.25) is 4.79 Å². The van der Waals surface area contributed by atoms with Crippen molar-refractivity contribution in [2.75, 3.05) is 30.3 Å². The van der Waals surface area contributed by atoms with E-state index in [0.29, 0.717) is 0 Å². The van der Waals surface area contributed by atoms with Gasteiger partial charge in [0.2, 0.25) is 0 Å². The van der Waals surface area contributed by atoms with Crippen LogP contribution in [0.15, 0.2) is 18.2 Å². The van der Waals surface area contributed by atoms with Crippen molar-refractivity contribution < 1.29 is 4.79 Å². The van der Waals surface area contributed by atoms with Crippen LogP contribution in [0.25, 0.3) is 0 Å². The van der Waals surface area contributed by atoms with Crippen molar-refractivity contribution in [3.8, 4) is 0 Å². The van der Waals surface area contributed by atoms with Gasteiger partial charge in [0.1, 0.15) is 0 Å². The van der Waals surface area contributed by atoms with E-state index in [0.717, 1.165) is 49.4 Å². The van der Waals surface area contributed by atoms with Gasteiger partial charge in [0.05, 0.1) is 16.9 Å². The van der Waals surface area contributed by atoms with Crippen molar-refractivity contribution >= 4 is 17.3 Å². The van der Waals surface area contributed by atoms with Gasteiger partial charge in [-0.2, -0.15) is 0 Å². The first-order chi connectivity index (χ1) is 9.09. The van der Waals surface area contributed by atoms with E-state index in [1.807, 2.05) is 23.1 Å². The van der Waals surface area contributed by atoms with Crippen LogP contribution in [-0.4, -0.2) is 36.0 Å². The number of hydrogen-bond donors (Lipinski definition) is 2. The van der Waals surface area contributed by atoms with Gasteiger partial charge in [-0.05, 0) is 38.8 Å². The van der Waals surface area contributed by atoms with Gasteiger partial charge in [-0.25, -0.2) is 0 Å². The lowest BCUT2D eigenvalue weighted by Crippen LogP contribution is -2.43. The van der Waals surface area contributed by atoms with Gasteiger partial charge in [-0.15, -0.1) is 0 Å². The van der Waals surface area contributed by atoms with Crippen LogP contribution in [0, 0.1) is 0 Å². The van der Waals surface area contributed by atoms with Gasteiger partial charge in [0, 0.05) is 25.2 Å². The summed E-state index contributed by atoms with van der Waals surface area (Å²) in [5.41, 5.74) is 2.76. The lowest BCUT2D eigenvalue weighted by Gasteiger charge is -2.33. The standard InChI is InChI=1S/C15H21N3O/c1-15(2)7-4-10-18(15)14(19)11-5-3-6-12-13(11)17-9-8-16-12/h3,5-6,16-17H,4,7-10H2,1-2H3. The van der Waals surface area contributed by atoms with Crippen LogP contribution < -0.4 is 10.6 Å². The maximum absolute atomic E-state index is 12.8. The second-order valence-corrected chi connectivity index (χ2v) is 5.95. The molecule has 0 radical (unpaired) electrons. The molecule has 0 unspecified atom stereocenters. The highest BCUT2D eigenvalue weighted by molar-refractivity contribution is 6.03. The summed E-state index contributed by atoms with van der Waals surface area (Å²) >= 11 is 0. The van der Waals surface area contributed by atoms with Crippen molar-refractivity contribution in [3.05, 3.63) is 23.8 Å². The summed E-state index contributed by atoms with van der Waals surface area (Å²) in [6, 6.07) is 5.90. The molecular formula is C15H21N3O. The molecule has 4 nitrogen and oxygen atoms in total. The minimum Gasteiger partial charge on any atom is -0.382 e. The van der Waals surface area contributed by atoms with Gasteiger partial charge >= 0.3 is 0 Å². The summed E-state index contributed by atoms with van der Waals surface area (Å²) in [6.45, 7) is 6.93. The average Bonchev–Trinajstić information content (AvgIpc) is 2.77. The molecule has 2 aliphatic rings. The third-order valence-corrected chi connectivity index (χ3v) is 4.18. The molecule has 2 N–H and O–H groups in total. The summed E-state index contributed by atoms with van der Waals surface area (Å²) in [5.74, 6) is 0.149. The first-order valence-electron chi connectivity index (χ1n) is 7.02. The molecular weight excluding hydrogens is 238 g/mol. The van der Waals surface area contributed by atoms with Crippen LogP contribution >= 0.6 is 0 Å². The fourth-order valence-corrected chi connectivity index (χ4v) is 3.08. The molecule has 2 aliphatic heterocycles. The van der Waals surface area contributed by atoms with E-state index in [2.05, 4.69) is 24.5 Å². The smallest absolute Gasteiger partial charge is 0.256 e. The average molecular weight is 259 g/mol. The van der Waals surface area contributed by atoms with Crippen molar-refractivity contribution in [2.24, 2.45) is 0 Å². The van der Waals surface area contributed by atoms with Crippen LogP contribution in [0.2, 0.25) is 0 Å². The predicted octanol–water partition coefficient (Wildman–Crippen LogP) is 2.54. The fraction of sp³-hybridized carbons (Fsp3) is 0.533.